The van der Waals surface area contributed by atoms with E-state index in [2.05, 4.69) is 43.5 Å². The minimum Gasteiger partial charge on any atom is -0.756 e. The number of hydrogen-bond acceptors (Lipinski definition) is 6. The van der Waals surface area contributed by atoms with Crippen LogP contribution in [-0.2, 0) is 18.4 Å². The molecule has 0 aliphatic heterocycles. The van der Waals surface area contributed by atoms with E-state index >= 15 is 0 Å². The summed E-state index contributed by atoms with van der Waals surface area (Å²) in [5, 5.41) is 13.8. The van der Waals surface area contributed by atoms with Crippen molar-refractivity contribution in [3.05, 3.63) is 36.5 Å². The molecule has 0 aromatic rings. The maximum Gasteiger partial charge on any atom is 0.268 e. The second-order valence-electron chi connectivity index (χ2n) is 18.9. The van der Waals surface area contributed by atoms with Gasteiger partial charge in [-0.05, 0) is 57.8 Å². The minimum absolute atomic E-state index is 0.00563. The summed E-state index contributed by atoms with van der Waals surface area (Å²) in [5.74, 6) is -0.206. The number of phosphoric ester groups is 1. The van der Waals surface area contributed by atoms with Crippen molar-refractivity contribution in [1.29, 1.82) is 0 Å². The topological polar surface area (TPSA) is 108 Å². The first-order valence-corrected chi connectivity index (χ1v) is 27.3. The molecule has 0 bridgehead atoms. The minimum atomic E-state index is -4.60. The lowest BCUT2D eigenvalue weighted by Gasteiger charge is -2.29. The number of amides is 1. The smallest absolute Gasteiger partial charge is 0.268 e. The third kappa shape index (κ3) is 46.5. The van der Waals surface area contributed by atoms with Crippen molar-refractivity contribution in [2.75, 3.05) is 40.9 Å². The standard InChI is InChI=1S/C52H101N2O6P/c1-6-8-10-12-14-16-18-20-22-24-25-26-27-28-29-30-32-34-36-38-40-42-44-46-52(56)53-50(49-60-61(57,58)59-48-47-54(3,4)5)51(55)45-43-41-39-37-35-33-31-23-21-19-17-15-13-11-9-7-2/h20,22,35,37,43,45,50-51,55H,6-19,21,23-34,36,38-42,44,46-49H2,1-5H3,(H-,53,56,57,58)/b22-20+,37-35+,45-43+/t50-,51+/m0/s1. The van der Waals surface area contributed by atoms with Crippen LogP contribution in [0.5, 0.6) is 0 Å². The molecule has 3 atom stereocenters. The van der Waals surface area contributed by atoms with E-state index in [1.807, 2.05) is 27.2 Å². The summed E-state index contributed by atoms with van der Waals surface area (Å²) in [6.45, 7) is 4.64. The number of unbranched alkanes of at least 4 members (excludes halogenated alkanes) is 30. The fourth-order valence-electron chi connectivity index (χ4n) is 7.46. The van der Waals surface area contributed by atoms with Crippen LogP contribution in [0.4, 0.5) is 0 Å². The van der Waals surface area contributed by atoms with Gasteiger partial charge >= 0.3 is 0 Å². The predicted octanol–water partition coefficient (Wildman–Crippen LogP) is 14.4. The van der Waals surface area contributed by atoms with Crippen molar-refractivity contribution in [3.8, 4) is 0 Å². The Labute approximate surface area is 378 Å². The molecule has 0 spiro atoms. The Balaban J connectivity index is 4.29. The Kier molecular flexibility index (Phi) is 43.0. The zero-order valence-electron chi connectivity index (χ0n) is 40.9. The average Bonchev–Trinajstić information content (AvgIpc) is 3.21. The normalized spacial score (nSPS) is 14.4. The van der Waals surface area contributed by atoms with Gasteiger partial charge in [0, 0.05) is 6.42 Å². The monoisotopic (exact) mass is 881 g/mol. The summed E-state index contributed by atoms with van der Waals surface area (Å²) in [6, 6.07) is -0.901. The number of carbonyl (C=O) groups excluding carboxylic acids is 1. The number of rotatable bonds is 47. The molecule has 0 aliphatic rings. The highest BCUT2D eigenvalue weighted by Gasteiger charge is 2.23. The largest absolute Gasteiger partial charge is 0.756 e. The van der Waals surface area contributed by atoms with Gasteiger partial charge in [0.1, 0.15) is 13.2 Å². The Morgan fingerprint density at radius 2 is 0.918 bits per heavy atom. The number of nitrogens with one attached hydrogen (secondary N) is 1. The third-order valence-corrected chi connectivity index (χ3v) is 12.5. The van der Waals surface area contributed by atoms with E-state index in [9.17, 15) is 19.4 Å². The van der Waals surface area contributed by atoms with Crippen LogP contribution in [0.2, 0.25) is 0 Å². The predicted molar refractivity (Wildman–Crippen MR) is 261 cm³/mol. The molecule has 1 unspecified atom stereocenters. The average molecular weight is 881 g/mol. The van der Waals surface area contributed by atoms with Crippen LogP contribution in [0.15, 0.2) is 36.5 Å². The summed E-state index contributed by atoms with van der Waals surface area (Å²) in [4.78, 5) is 25.4. The fourth-order valence-corrected chi connectivity index (χ4v) is 8.18. The van der Waals surface area contributed by atoms with Gasteiger partial charge in [-0.2, -0.15) is 0 Å². The molecule has 2 N–H and O–H groups in total. The van der Waals surface area contributed by atoms with Crippen molar-refractivity contribution in [1.82, 2.24) is 5.32 Å². The maximum atomic E-state index is 12.9. The van der Waals surface area contributed by atoms with Crippen molar-refractivity contribution in [3.63, 3.8) is 0 Å². The first kappa shape index (κ1) is 59.7. The molecule has 0 saturated carbocycles. The van der Waals surface area contributed by atoms with E-state index in [-0.39, 0.29) is 12.5 Å². The zero-order chi connectivity index (χ0) is 45.0. The van der Waals surface area contributed by atoms with E-state index in [1.165, 1.54) is 180 Å². The quantitative estimate of drug-likeness (QED) is 0.0273. The Morgan fingerprint density at radius 1 is 0.557 bits per heavy atom. The van der Waals surface area contributed by atoms with E-state index < -0.39 is 26.6 Å². The van der Waals surface area contributed by atoms with Gasteiger partial charge in [0.25, 0.3) is 7.82 Å². The SMILES string of the molecule is CCCCCCCC/C=C/CCCCCCCCCCCCCCCC(=O)N[C@@H](COP(=O)([O-])OCC[N+](C)(C)C)[C@H](O)/C=C/CC/C=C/CCCCCCCCCCCC. The first-order chi connectivity index (χ1) is 29.5. The number of hydrogen-bond donors (Lipinski definition) is 2. The second kappa shape index (κ2) is 43.9. The highest BCUT2D eigenvalue weighted by molar-refractivity contribution is 7.45. The van der Waals surface area contributed by atoms with E-state index in [0.717, 1.165) is 38.5 Å². The molecule has 0 aliphatic carbocycles. The Bertz CT molecular complexity index is 1090. The van der Waals surface area contributed by atoms with Crippen LogP contribution in [0, 0.1) is 0 Å². The van der Waals surface area contributed by atoms with Crippen molar-refractivity contribution in [2.24, 2.45) is 0 Å². The second-order valence-corrected chi connectivity index (χ2v) is 20.3. The van der Waals surface area contributed by atoms with Gasteiger partial charge in [-0.3, -0.25) is 9.36 Å². The summed E-state index contributed by atoms with van der Waals surface area (Å²) < 4.78 is 23.3. The molecular weight excluding hydrogens is 780 g/mol. The molecule has 0 fully saturated rings. The van der Waals surface area contributed by atoms with Gasteiger partial charge in [-0.15, -0.1) is 0 Å². The highest BCUT2D eigenvalue weighted by atomic mass is 31.2. The zero-order valence-corrected chi connectivity index (χ0v) is 41.8. The number of allylic oxidation sites excluding steroid dienone is 5. The molecular formula is C52H101N2O6P. The lowest BCUT2D eigenvalue weighted by atomic mass is 10.0. The van der Waals surface area contributed by atoms with Crippen LogP contribution in [0.25, 0.3) is 0 Å². The third-order valence-electron chi connectivity index (χ3n) is 11.6. The molecule has 0 saturated heterocycles. The lowest BCUT2D eigenvalue weighted by Crippen LogP contribution is -2.45. The molecule has 0 radical (unpaired) electrons. The van der Waals surface area contributed by atoms with E-state index in [1.54, 1.807) is 6.08 Å². The Hall–Kier alpha value is -1.28. The van der Waals surface area contributed by atoms with Crippen LogP contribution in [0.1, 0.15) is 239 Å². The first-order valence-electron chi connectivity index (χ1n) is 25.9. The van der Waals surface area contributed by atoms with Gasteiger partial charge in [0.2, 0.25) is 5.91 Å². The number of likely N-dealkylation sites (N-methyl/N-ethyl adjacent to an activating group) is 1. The molecule has 9 heteroatoms. The van der Waals surface area contributed by atoms with Crippen molar-refractivity contribution in [2.45, 2.75) is 251 Å². The van der Waals surface area contributed by atoms with Gasteiger partial charge in [0.15, 0.2) is 0 Å². The molecule has 8 nitrogen and oxygen atoms in total. The van der Waals surface area contributed by atoms with Gasteiger partial charge < -0.3 is 28.8 Å². The summed E-state index contributed by atoms with van der Waals surface area (Å²) >= 11 is 0. The molecule has 0 aromatic carbocycles. The number of phosphoric acid groups is 1. The lowest BCUT2D eigenvalue weighted by molar-refractivity contribution is -0.870. The van der Waals surface area contributed by atoms with Crippen LogP contribution in [0.3, 0.4) is 0 Å². The summed E-state index contributed by atoms with van der Waals surface area (Å²) in [5.41, 5.74) is 0. The molecule has 61 heavy (non-hydrogen) atoms. The Morgan fingerprint density at radius 3 is 1.33 bits per heavy atom. The van der Waals surface area contributed by atoms with Crippen LogP contribution in [-0.4, -0.2) is 68.5 Å². The number of carbonyl (C=O) groups is 1. The van der Waals surface area contributed by atoms with E-state index in [4.69, 9.17) is 9.05 Å². The molecule has 0 heterocycles. The van der Waals surface area contributed by atoms with Gasteiger partial charge in [-0.25, -0.2) is 0 Å². The number of aliphatic hydroxyl groups excluding tert-OH is 1. The highest BCUT2D eigenvalue weighted by Crippen LogP contribution is 2.38. The number of aliphatic hydroxyl groups is 1. The number of quaternary nitrogens is 1. The molecule has 0 rings (SSSR count). The summed E-state index contributed by atoms with van der Waals surface area (Å²) in [7, 11) is 1.25. The fraction of sp³-hybridized carbons (Fsp3) is 0.865. The summed E-state index contributed by atoms with van der Waals surface area (Å²) in [6.07, 6.45) is 54.9. The molecule has 1 amide bonds. The van der Waals surface area contributed by atoms with E-state index in [0.29, 0.717) is 17.4 Å². The van der Waals surface area contributed by atoms with Gasteiger partial charge in [-0.1, -0.05) is 211 Å². The number of nitrogens with zero attached hydrogens (tertiary/aromatic N) is 1. The molecule has 360 valence electrons. The van der Waals surface area contributed by atoms with Crippen LogP contribution >= 0.6 is 7.82 Å². The van der Waals surface area contributed by atoms with Gasteiger partial charge in [0.05, 0.1) is 39.9 Å². The van der Waals surface area contributed by atoms with Crippen molar-refractivity contribution < 1.29 is 32.9 Å². The van der Waals surface area contributed by atoms with Crippen molar-refractivity contribution >= 4 is 13.7 Å². The maximum absolute atomic E-state index is 12.9. The van der Waals surface area contributed by atoms with Crippen LogP contribution < -0.4 is 10.2 Å². The molecule has 0 aromatic heterocycles.